The van der Waals surface area contributed by atoms with Crippen LogP contribution in [0.15, 0.2) is 59.0 Å². The van der Waals surface area contributed by atoms with Gasteiger partial charge in [-0.15, -0.1) is 0 Å². The molecule has 1 aromatic heterocycles. The van der Waals surface area contributed by atoms with Gasteiger partial charge in [0.1, 0.15) is 5.58 Å². The molecule has 3 aromatic rings. The zero-order valence-electron chi connectivity index (χ0n) is 11.0. The molecule has 0 atom stereocenters. The lowest BCUT2D eigenvalue weighted by molar-refractivity contribution is 0.0992. The van der Waals surface area contributed by atoms with Gasteiger partial charge in [-0.25, -0.2) is 0 Å². The van der Waals surface area contributed by atoms with Crippen LogP contribution in [0.25, 0.3) is 11.0 Å². The number of primary amides is 1. The summed E-state index contributed by atoms with van der Waals surface area (Å²) in [6.45, 7) is 0. The lowest BCUT2D eigenvalue weighted by atomic mass is 10.2. The van der Waals surface area contributed by atoms with Gasteiger partial charge in [-0.05, 0) is 36.4 Å². The van der Waals surface area contributed by atoms with Crippen LogP contribution >= 0.6 is 0 Å². The van der Waals surface area contributed by atoms with Crippen molar-refractivity contribution in [3.05, 3.63) is 65.9 Å². The number of fused-ring (bicyclic) bond motifs is 1. The second-order valence-corrected chi connectivity index (χ2v) is 4.54. The van der Waals surface area contributed by atoms with Gasteiger partial charge in [0, 0.05) is 16.6 Å². The normalized spacial score (nSPS) is 10.5. The first-order valence-electron chi connectivity index (χ1n) is 6.33. The van der Waals surface area contributed by atoms with Crippen molar-refractivity contribution in [2.45, 2.75) is 0 Å². The van der Waals surface area contributed by atoms with Crippen LogP contribution in [0.5, 0.6) is 0 Å². The molecule has 5 heteroatoms. The average Bonchev–Trinajstić information content (AvgIpc) is 2.92. The summed E-state index contributed by atoms with van der Waals surface area (Å²) in [5.74, 6) is -0.627. The molecular weight excluding hydrogens is 268 g/mol. The summed E-state index contributed by atoms with van der Waals surface area (Å²) in [6, 6.07) is 15.4. The van der Waals surface area contributed by atoms with Gasteiger partial charge in [-0.1, -0.05) is 18.2 Å². The predicted octanol–water partition coefficient (Wildman–Crippen LogP) is 2.78. The minimum Gasteiger partial charge on any atom is -0.451 e. The fourth-order valence-corrected chi connectivity index (χ4v) is 2.00. The molecule has 104 valence electrons. The summed E-state index contributed by atoms with van der Waals surface area (Å²) in [7, 11) is 0. The van der Waals surface area contributed by atoms with Crippen LogP contribution in [-0.2, 0) is 0 Å². The number of nitrogens with two attached hydrogens (primary N) is 1. The van der Waals surface area contributed by atoms with E-state index in [1.54, 1.807) is 36.4 Å². The van der Waals surface area contributed by atoms with Crippen LogP contribution in [0.1, 0.15) is 20.9 Å². The topological polar surface area (TPSA) is 85.3 Å². The largest absolute Gasteiger partial charge is 0.451 e. The van der Waals surface area contributed by atoms with Crippen LogP contribution in [0.2, 0.25) is 0 Å². The quantitative estimate of drug-likeness (QED) is 0.773. The van der Waals surface area contributed by atoms with E-state index in [1.807, 2.05) is 18.2 Å². The number of hydrogen-bond donors (Lipinski definition) is 2. The van der Waals surface area contributed by atoms with Crippen LogP contribution in [0.4, 0.5) is 5.69 Å². The fourth-order valence-electron chi connectivity index (χ4n) is 2.00. The molecule has 0 aliphatic heterocycles. The van der Waals surface area contributed by atoms with E-state index < -0.39 is 5.91 Å². The lowest BCUT2D eigenvalue weighted by Gasteiger charge is -2.03. The van der Waals surface area contributed by atoms with Crippen LogP contribution in [0, 0.1) is 0 Å². The highest BCUT2D eigenvalue weighted by Crippen LogP contribution is 2.20. The van der Waals surface area contributed by atoms with E-state index in [1.165, 1.54) is 0 Å². The average molecular weight is 280 g/mol. The molecule has 0 bridgehead atoms. The molecule has 1 heterocycles. The third-order valence-corrected chi connectivity index (χ3v) is 3.08. The Morgan fingerprint density at radius 1 is 1.00 bits per heavy atom. The van der Waals surface area contributed by atoms with E-state index >= 15 is 0 Å². The Morgan fingerprint density at radius 3 is 2.38 bits per heavy atom. The molecule has 0 aliphatic carbocycles. The van der Waals surface area contributed by atoms with E-state index in [9.17, 15) is 9.59 Å². The van der Waals surface area contributed by atoms with Crippen molar-refractivity contribution in [2.75, 3.05) is 5.32 Å². The molecule has 0 fully saturated rings. The molecule has 21 heavy (non-hydrogen) atoms. The number of benzene rings is 2. The van der Waals surface area contributed by atoms with Gasteiger partial charge in [-0.2, -0.15) is 0 Å². The first kappa shape index (κ1) is 12.9. The third-order valence-electron chi connectivity index (χ3n) is 3.08. The Kier molecular flexibility index (Phi) is 3.16. The highest BCUT2D eigenvalue weighted by Gasteiger charge is 2.12. The number of anilines is 1. The molecule has 0 spiro atoms. The molecule has 2 aromatic carbocycles. The maximum absolute atomic E-state index is 12.1. The van der Waals surface area contributed by atoms with Crippen molar-refractivity contribution in [2.24, 2.45) is 5.73 Å². The first-order valence-corrected chi connectivity index (χ1v) is 6.33. The molecule has 0 saturated carbocycles. The van der Waals surface area contributed by atoms with Crippen molar-refractivity contribution in [1.82, 2.24) is 0 Å². The van der Waals surface area contributed by atoms with Crippen molar-refractivity contribution in [1.29, 1.82) is 0 Å². The summed E-state index contributed by atoms with van der Waals surface area (Å²) in [6.07, 6.45) is 0. The molecule has 5 nitrogen and oxygen atoms in total. The van der Waals surface area contributed by atoms with E-state index in [2.05, 4.69) is 5.32 Å². The first-order chi connectivity index (χ1) is 10.1. The van der Waals surface area contributed by atoms with E-state index in [4.69, 9.17) is 10.2 Å². The standard InChI is InChI=1S/C16H12N2O3/c17-15(19)10-5-7-12(8-6-10)18-16(20)14-9-11-3-1-2-4-13(11)21-14/h1-9H,(H2,17,19)(H,18,20). The summed E-state index contributed by atoms with van der Waals surface area (Å²) >= 11 is 0. The van der Waals surface area contributed by atoms with Gasteiger partial charge >= 0.3 is 0 Å². The van der Waals surface area contributed by atoms with Crippen molar-refractivity contribution in [3.63, 3.8) is 0 Å². The van der Waals surface area contributed by atoms with Gasteiger partial charge in [0.2, 0.25) is 5.91 Å². The summed E-state index contributed by atoms with van der Waals surface area (Å²) in [5, 5.41) is 3.57. The number of nitrogens with one attached hydrogen (secondary N) is 1. The molecule has 0 aliphatic rings. The number of amides is 2. The monoisotopic (exact) mass is 280 g/mol. The zero-order chi connectivity index (χ0) is 14.8. The third kappa shape index (κ3) is 2.62. The number of rotatable bonds is 3. The summed E-state index contributed by atoms with van der Waals surface area (Å²) in [4.78, 5) is 23.1. The second kappa shape index (κ2) is 5.13. The SMILES string of the molecule is NC(=O)c1ccc(NC(=O)c2cc3ccccc3o2)cc1. The summed E-state index contributed by atoms with van der Waals surface area (Å²) < 4.78 is 5.48. The Morgan fingerprint density at radius 2 is 1.71 bits per heavy atom. The Labute approximate surface area is 120 Å². The van der Waals surface area contributed by atoms with E-state index in [-0.39, 0.29) is 11.7 Å². The second-order valence-electron chi connectivity index (χ2n) is 4.54. The van der Waals surface area contributed by atoms with Gasteiger partial charge in [0.05, 0.1) is 0 Å². The predicted molar refractivity (Wildman–Crippen MR) is 79.1 cm³/mol. The molecule has 0 unspecified atom stereocenters. The van der Waals surface area contributed by atoms with Crippen LogP contribution in [0.3, 0.4) is 0 Å². The molecular formula is C16H12N2O3. The summed E-state index contributed by atoms with van der Waals surface area (Å²) in [5.41, 5.74) is 6.76. The van der Waals surface area contributed by atoms with Gasteiger partial charge in [0.25, 0.3) is 5.91 Å². The fraction of sp³-hybridized carbons (Fsp3) is 0. The lowest BCUT2D eigenvalue weighted by Crippen LogP contribution is -2.12. The van der Waals surface area contributed by atoms with Crippen molar-refractivity contribution in [3.8, 4) is 0 Å². The number of hydrogen-bond acceptors (Lipinski definition) is 3. The molecule has 2 amide bonds. The molecule has 3 rings (SSSR count). The Hall–Kier alpha value is -3.08. The molecule has 0 radical (unpaired) electrons. The van der Waals surface area contributed by atoms with Gasteiger partial charge in [-0.3, -0.25) is 9.59 Å². The Bertz CT molecular complexity index is 786. The number of para-hydroxylation sites is 1. The molecule has 3 N–H and O–H groups in total. The maximum Gasteiger partial charge on any atom is 0.291 e. The highest BCUT2D eigenvalue weighted by atomic mass is 16.3. The van der Waals surface area contributed by atoms with E-state index in [0.717, 1.165) is 5.39 Å². The van der Waals surface area contributed by atoms with Gasteiger partial charge < -0.3 is 15.5 Å². The minimum atomic E-state index is -0.509. The van der Waals surface area contributed by atoms with Crippen molar-refractivity contribution >= 4 is 28.5 Å². The number of carbonyl (C=O) groups is 2. The minimum absolute atomic E-state index is 0.232. The van der Waals surface area contributed by atoms with Gasteiger partial charge in [0.15, 0.2) is 5.76 Å². The van der Waals surface area contributed by atoms with Crippen LogP contribution in [-0.4, -0.2) is 11.8 Å². The molecule has 0 saturated heterocycles. The Balaban J connectivity index is 1.80. The van der Waals surface area contributed by atoms with Crippen molar-refractivity contribution < 1.29 is 14.0 Å². The zero-order valence-corrected chi connectivity index (χ0v) is 11.0. The smallest absolute Gasteiger partial charge is 0.291 e. The highest BCUT2D eigenvalue weighted by molar-refractivity contribution is 6.04. The number of carbonyl (C=O) groups excluding carboxylic acids is 2. The number of furan rings is 1. The van der Waals surface area contributed by atoms with E-state index in [0.29, 0.717) is 16.8 Å². The maximum atomic E-state index is 12.1. The van der Waals surface area contributed by atoms with Crippen LogP contribution < -0.4 is 11.1 Å².